The number of rotatable bonds is 4. The summed E-state index contributed by atoms with van der Waals surface area (Å²) in [6, 6.07) is 3.97. The van der Waals surface area contributed by atoms with Crippen LogP contribution in [0.15, 0.2) is 30.7 Å². The molecular weight excluding hydrogens is 236 g/mol. The zero-order valence-electron chi connectivity index (χ0n) is 9.89. The van der Waals surface area contributed by atoms with Gasteiger partial charge in [-0.05, 0) is 18.2 Å². The van der Waals surface area contributed by atoms with Crippen molar-refractivity contribution in [2.24, 2.45) is 7.05 Å². The molecule has 0 spiro atoms. The number of nitrogens with one attached hydrogen (secondary N) is 1. The first-order valence-electron chi connectivity index (χ1n) is 5.54. The van der Waals surface area contributed by atoms with Crippen molar-refractivity contribution in [2.45, 2.75) is 13.0 Å². The molecule has 5 heteroatoms. The summed E-state index contributed by atoms with van der Waals surface area (Å²) < 4.78 is 1.79. The van der Waals surface area contributed by atoms with E-state index >= 15 is 0 Å². The lowest BCUT2D eigenvalue weighted by molar-refractivity contribution is 0.571. The van der Waals surface area contributed by atoms with Gasteiger partial charge in [-0.25, -0.2) is 0 Å². The maximum absolute atomic E-state index is 6.18. The van der Waals surface area contributed by atoms with Gasteiger partial charge in [-0.1, -0.05) is 24.6 Å². The average Bonchev–Trinajstić information content (AvgIpc) is 2.68. The number of hydrogen-bond acceptors (Lipinski definition) is 3. The topological polar surface area (TPSA) is 42.7 Å². The Hall–Kier alpha value is -1.39. The van der Waals surface area contributed by atoms with Crippen molar-refractivity contribution in [3.8, 4) is 0 Å². The lowest BCUT2D eigenvalue weighted by Gasteiger charge is -2.18. The molecule has 4 nitrogen and oxygen atoms in total. The third kappa shape index (κ3) is 2.48. The summed E-state index contributed by atoms with van der Waals surface area (Å²) in [5, 5.41) is 8.24. The maximum atomic E-state index is 6.18. The first-order valence-corrected chi connectivity index (χ1v) is 5.92. The van der Waals surface area contributed by atoms with Crippen LogP contribution in [0.2, 0.25) is 5.02 Å². The zero-order chi connectivity index (χ0) is 12.3. The Labute approximate surface area is 106 Å². The molecule has 1 unspecified atom stereocenters. The van der Waals surface area contributed by atoms with Crippen molar-refractivity contribution in [1.29, 1.82) is 0 Å². The van der Waals surface area contributed by atoms with Crippen LogP contribution in [0, 0.1) is 0 Å². The molecule has 0 saturated heterocycles. The van der Waals surface area contributed by atoms with E-state index in [-0.39, 0.29) is 6.04 Å². The molecule has 2 heterocycles. The van der Waals surface area contributed by atoms with Crippen molar-refractivity contribution in [3.63, 3.8) is 0 Å². The molecule has 2 aromatic heterocycles. The Morgan fingerprint density at radius 1 is 1.47 bits per heavy atom. The van der Waals surface area contributed by atoms with E-state index in [2.05, 4.69) is 22.3 Å². The Kier molecular flexibility index (Phi) is 3.76. The summed E-state index contributed by atoms with van der Waals surface area (Å²) in [5.41, 5.74) is 2.04. The van der Waals surface area contributed by atoms with Crippen LogP contribution in [0.5, 0.6) is 0 Å². The van der Waals surface area contributed by atoms with Gasteiger partial charge in [0.2, 0.25) is 0 Å². The molecule has 0 fully saturated rings. The highest BCUT2D eigenvalue weighted by molar-refractivity contribution is 6.31. The molecule has 0 aliphatic carbocycles. The number of pyridine rings is 1. The van der Waals surface area contributed by atoms with Gasteiger partial charge in [0.15, 0.2) is 0 Å². The second-order valence-corrected chi connectivity index (χ2v) is 4.19. The molecule has 0 saturated carbocycles. The second kappa shape index (κ2) is 5.29. The molecule has 90 valence electrons. The lowest BCUT2D eigenvalue weighted by atomic mass is 10.1. The van der Waals surface area contributed by atoms with Crippen molar-refractivity contribution in [3.05, 3.63) is 47.0 Å². The lowest BCUT2D eigenvalue weighted by Crippen LogP contribution is -2.24. The highest BCUT2D eigenvalue weighted by Crippen LogP contribution is 2.27. The fraction of sp³-hybridized carbons (Fsp3) is 0.333. The van der Waals surface area contributed by atoms with E-state index in [1.807, 2.05) is 25.4 Å². The van der Waals surface area contributed by atoms with Crippen molar-refractivity contribution in [2.75, 3.05) is 6.54 Å². The number of nitrogens with zero attached hydrogens (tertiary/aromatic N) is 3. The quantitative estimate of drug-likeness (QED) is 0.904. The van der Waals surface area contributed by atoms with E-state index in [0.29, 0.717) is 5.02 Å². The maximum Gasteiger partial charge on any atom is 0.0837 e. The van der Waals surface area contributed by atoms with Gasteiger partial charge in [-0.2, -0.15) is 5.10 Å². The summed E-state index contributed by atoms with van der Waals surface area (Å²) in [5.74, 6) is 0. The van der Waals surface area contributed by atoms with E-state index in [4.69, 9.17) is 11.6 Å². The van der Waals surface area contributed by atoms with Crippen LogP contribution < -0.4 is 5.32 Å². The normalized spacial score (nSPS) is 12.6. The van der Waals surface area contributed by atoms with Crippen molar-refractivity contribution in [1.82, 2.24) is 20.1 Å². The van der Waals surface area contributed by atoms with Crippen LogP contribution in [0.1, 0.15) is 24.2 Å². The molecule has 0 aliphatic heterocycles. The van der Waals surface area contributed by atoms with Crippen molar-refractivity contribution < 1.29 is 0 Å². The first-order chi connectivity index (χ1) is 8.24. The molecule has 0 aliphatic rings. The third-order valence-corrected chi connectivity index (χ3v) is 2.93. The summed E-state index contributed by atoms with van der Waals surface area (Å²) >= 11 is 6.18. The van der Waals surface area contributed by atoms with Gasteiger partial charge in [0.25, 0.3) is 0 Å². The third-order valence-electron chi connectivity index (χ3n) is 2.64. The molecule has 0 amide bonds. The van der Waals surface area contributed by atoms with Crippen LogP contribution in [-0.4, -0.2) is 21.3 Å². The number of halogens is 1. The number of aryl methyl sites for hydroxylation is 1. The van der Waals surface area contributed by atoms with Gasteiger partial charge in [0.05, 0.1) is 23.0 Å². The standard InChI is InChI=1S/C12H15ClN4/c1-3-15-11(9-5-4-6-14-7-9)12-10(13)8-16-17(12)2/h4-8,11,15H,3H2,1-2H3. The molecule has 0 aromatic carbocycles. The summed E-state index contributed by atoms with van der Waals surface area (Å²) in [6.07, 6.45) is 5.27. The highest BCUT2D eigenvalue weighted by Gasteiger charge is 2.20. The van der Waals surface area contributed by atoms with Gasteiger partial charge in [0.1, 0.15) is 0 Å². The minimum atomic E-state index is 0.0219. The fourth-order valence-electron chi connectivity index (χ4n) is 1.87. The van der Waals surface area contributed by atoms with Crippen LogP contribution in [-0.2, 0) is 7.05 Å². The smallest absolute Gasteiger partial charge is 0.0837 e. The highest BCUT2D eigenvalue weighted by atomic mass is 35.5. The minimum absolute atomic E-state index is 0.0219. The Bertz CT molecular complexity index is 461. The molecule has 0 bridgehead atoms. The van der Waals surface area contributed by atoms with E-state index in [1.165, 1.54) is 0 Å². The molecule has 0 radical (unpaired) electrons. The van der Waals surface area contributed by atoms with E-state index in [0.717, 1.165) is 17.8 Å². The molecule has 2 aromatic rings. The van der Waals surface area contributed by atoms with Gasteiger partial charge in [0, 0.05) is 19.4 Å². The SMILES string of the molecule is CCNC(c1cccnc1)c1c(Cl)cnn1C. The van der Waals surface area contributed by atoms with Gasteiger partial charge >= 0.3 is 0 Å². The molecule has 1 N–H and O–H groups in total. The predicted octanol–water partition coefficient (Wildman–Crippen LogP) is 2.17. The number of hydrogen-bond donors (Lipinski definition) is 1. The van der Waals surface area contributed by atoms with Gasteiger partial charge in [-0.3, -0.25) is 9.67 Å². The fourth-order valence-corrected chi connectivity index (χ4v) is 2.14. The van der Waals surface area contributed by atoms with Crippen LogP contribution >= 0.6 is 11.6 Å². The van der Waals surface area contributed by atoms with Crippen LogP contribution in [0.25, 0.3) is 0 Å². The molecule has 2 rings (SSSR count). The van der Waals surface area contributed by atoms with E-state index in [9.17, 15) is 0 Å². The van der Waals surface area contributed by atoms with E-state index in [1.54, 1.807) is 17.1 Å². The Morgan fingerprint density at radius 3 is 2.82 bits per heavy atom. The molecule has 1 atom stereocenters. The summed E-state index contributed by atoms with van der Waals surface area (Å²) in [7, 11) is 1.89. The molecule has 17 heavy (non-hydrogen) atoms. The van der Waals surface area contributed by atoms with Gasteiger partial charge < -0.3 is 5.32 Å². The molecular formula is C12H15ClN4. The Balaban J connectivity index is 2.43. The summed E-state index contributed by atoms with van der Waals surface area (Å²) in [6.45, 7) is 2.91. The first kappa shape index (κ1) is 12.1. The van der Waals surface area contributed by atoms with Crippen LogP contribution in [0.4, 0.5) is 0 Å². The zero-order valence-corrected chi connectivity index (χ0v) is 10.6. The van der Waals surface area contributed by atoms with Crippen LogP contribution in [0.3, 0.4) is 0 Å². The Morgan fingerprint density at radius 2 is 2.29 bits per heavy atom. The summed E-state index contributed by atoms with van der Waals surface area (Å²) in [4.78, 5) is 4.14. The average molecular weight is 251 g/mol. The number of aromatic nitrogens is 3. The van der Waals surface area contributed by atoms with Gasteiger partial charge in [-0.15, -0.1) is 0 Å². The largest absolute Gasteiger partial charge is 0.305 e. The monoisotopic (exact) mass is 250 g/mol. The second-order valence-electron chi connectivity index (χ2n) is 3.78. The van der Waals surface area contributed by atoms with Crippen molar-refractivity contribution >= 4 is 11.6 Å². The minimum Gasteiger partial charge on any atom is -0.305 e. The predicted molar refractivity (Wildman–Crippen MR) is 68.0 cm³/mol. The van der Waals surface area contributed by atoms with E-state index < -0.39 is 0 Å².